The first kappa shape index (κ1) is 68.1. The number of aryl methyl sites for hydroxylation is 2. The van der Waals surface area contributed by atoms with E-state index in [-0.39, 0.29) is 57.7 Å². The molecular weight excluding hydrogens is 1260 g/mol. The van der Waals surface area contributed by atoms with Crippen LogP contribution in [0.15, 0.2) is 207 Å². The number of ether oxygens (including phenoxy) is 10. The van der Waals surface area contributed by atoms with Gasteiger partial charge in [-0.05, 0) is 110 Å². The van der Waals surface area contributed by atoms with Gasteiger partial charge in [-0.2, -0.15) is 0 Å². The number of esters is 6. The maximum Gasteiger partial charge on any atom is 0.338 e. The second-order valence-corrected chi connectivity index (χ2v) is 21.2. The number of hydrogen-bond acceptors (Lipinski definition) is 16. The van der Waals surface area contributed by atoms with E-state index in [0.717, 1.165) is 38.8 Å². The Kier molecular flexibility index (Phi) is 25.7. The molecule has 21 heteroatoms. The number of aromatic nitrogens is 4. The third-order valence-electron chi connectivity index (χ3n) is 14.8. The predicted octanol–water partition coefficient (Wildman–Crippen LogP) is 8.85. The summed E-state index contributed by atoms with van der Waals surface area (Å²) in [5.74, 6) is -4.07. The summed E-state index contributed by atoms with van der Waals surface area (Å²) < 4.78 is 67.5. The smallest absolute Gasteiger partial charge is 0.338 e. The zero-order valence-corrected chi connectivity index (χ0v) is 52.2. The number of carbonyl (C=O) groups excluding carboxylic acids is 6. The van der Waals surface area contributed by atoms with Gasteiger partial charge in [0, 0.05) is 36.6 Å². The normalized spacial score (nSPS) is 20.8. The van der Waals surface area contributed by atoms with Gasteiger partial charge in [0.2, 0.25) is 12.7 Å². The van der Waals surface area contributed by atoms with Crippen LogP contribution in [0.3, 0.4) is 0 Å². The minimum atomic E-state index is -1.30. The van der Waals surface area contributed by atoms with Crippen molar-refractivity contribution in [1.82, 2.24) is 9.13 Å². The molecule has 0 aliphatic carbocycles. The van der Waals surface area contributed by atoms with Crippen molar-refractivity contribution in [2.24, 2.45) is 0 Å². The monoisotopic (exact) mass is 1330 g/mol. The van der Waals surface area contributed by atoms with Crippen LogP contribution in [-0.2, 0) is 95.9 Å². The topological polar surface area (TPSA) is 212 Å². The second kappa shape index (κ2) is 34.4. The summed E-state index contributed by atoms with van der Waals surface area (Å²) in [6.07, 6.45) is 6.34. The van der Waals surface area contributed by atoms with Crippen LogP contribution in [0.2, 0.25) is 0 Å². The number of benzene rings is 6. The zero-order valence-electron chi connectivity index (χ0n) is 50.7. The van der Waals surface area contributed by atoms with E-state index in [1.165, 1.54) is 14.2 Å². The molecule has 2 aliphatic rings. The van der Waals surface area contributed by atoms with Crippen molar-refractivity contribution in [2.75, 3.05) is 14.2 Å². The number of hydrogen-bond donors (Lipinski definition) is 0. The molecule has 1 radical (unpaired) electrons. The van der Waals surface area contributed by atoms with Gasteiger partial charge in [-0.1, -0.05) is 136 Å². The van der Waals surface area contributed by atoms with E-state index < -0.39 is 97.2 Å². The Balaban J connectivity index is 0.000000232. The van der Waals surface area contributed by atoms with Crippen LogP contribution in [0.4, 0.5) is 0 Å². The Morgan fingerprint density at radius 3 is 0.868 bits per heavy atom. The Labute approximate surface area is 543 Å². The molecular formula is C70H72AgN4O16. The SMILES string of the molecule is CCCC[n+]1[c-]n(C[C@H]2O[C@H](OC)[C@H](OC(=O)c3ccccc3)[C@@H](OC(=O)c3ccccc3)[C@@H]2OC(=O)c2ccccc2)cc1.CCCC[n+]1[c-]n(C[C@H]2O[C@H](OC)[C@H](OC(=O)c3ccccc3)[C@@H](OC(=O)c3ccccc3)[C@@H]2OC(=O)c2ccccc2)cc1.[Ag]. The van der Waals surface area contributed by atoms with Crippen LogP contribution >= 0.6 is 0 Å². The number of nitrogens with zero attached hydrogens (tertiary/aromatic N) is 4. The molecule has 91 heavy (non-hydrogen) atoms. The quantitative estimate of drug-likeness (QED) is 0.0182. The molecule has 0 unspecified atom stereocenters. The van der Waals surface area contributed by atoms with Gasteiger partial charge in [-0.15, -0.1) is 0 Å². The first-order valence-corrected chi connectivity index (χ1v) is 29.8. The molecule has 20 nitrogen and oxygen atoms in total. The van der Waals surface area contributed by atoms with E-state index in [0.29, 0.717) is 11.1 Å². The van der Waals surface area contributed by atoms with E-state index >= 15 is 0 Å². The summed E-state index contributed by atoms with van der Waals surface area (Å²) in [6, 6.07) is 50.5. The zero-order chi connectivity index (χ0) is 63.2. The summed E-state index contributed by atoms with van der Waals surface area (Å²) >= 11 is 0. The molecule has 4 heterocycles. The van der Waals surface area contributed by atoms with Crippen molar-refractivity contribution in [3.63, 3.8) is 0 Å². The first-order chi connectivity index (χ1) is 43.9. The number of rotatable bonds is 24. The molecule has 2 aromatic heterocycles. The van der Waals surface area contributed by atoms with E-state index in [1.54, 1.807) is 191 Å². The van der Waals surface area contributed by atoms with Gasteiger partial charge in [0.05, 0.1) is 59.6 Å². The fourth-order valence-corrected chi connectivity index (χ4v) is 10.1. The molecule has 2 fully saturated rings. The van der Waals surface area contributed by atoms with Gasteiger partial charge in [0.15, 0.2) is 49.2 Å². The summed E-state index contributed by atoms with van der Waals surface area (Å²) in [7, 11) is 2.80. The Hall–Kier alpha value is -8.86. The van der Waals surface area contributed by atoms with Crippen LogP contribution in [0.1, 0.15) is 102 Å². The molecule has 8 aromatic rings. The molecule has 2 aliphatic heterocycles. The van der Waals surface area contributed by atoms with Gasteiger partial charge < -0.3 is 65.6 Å². The Morgan fingerprint density at radius 2 is 0.626 bits per heavy atom. The fourth-order valence-electron chi connectivity index (χ4n) is 10.1. The maximum atomic E-state index is 13.5. The Morgan fingerprint density at radius 1 is 0.385 bits per heavy atom. The standard InChI is InChI=1S/2C35H36N2O8.Ag/c2*1-3-4-20-36-21-22-37(24-36)23-28-29(43-32(38)25-14-8-5-9-15-25)30(44-33(39)26-16-10-6-11-17-26)31(35(41-2)42-28)45-34(40)27-18-12-7-13-19-27;/h2*5-19,21-22,28-31,35H,3-4,20,23H2,1-2H3;/t2*28-,29-,30+,31-,35+;/m11./s1. The molecule has 0 saturated carbocycles. The minimum Gasteiger partial charge on any atom is -0.452 e. The van der Waals surface area contributed by atoms with Crippen LogP contribution in [0.25, 0.3) is 0 Å². The summed E-state index contributed by atoms with van der Waals surface area (Å²) in [5.41, 5.74) is 1.68. The molecule has 6 aromatic carbocycles. The average Bonchev–Trinajstić information content (AvgIpc) is 1.10. The van der Waals surface area contributed by atoms with Gasteiger partial charge in [-0.3, -0.25) is 0 Å². The fraction of sp³-hybridized carbons (Fsp3) is 0.314. The van der Waals surface area contributed by atoms with Crippen molar-refractivity contribution in [3.05, 3.63) is 253 Å². The van der Waals surface area contributed by atoms with Gasteiger partial charge in [0.25, 0.3) is 0 Å². The van der Waals surface area contributed by atoms with E-state index in [2.05, 4.69) is 26.5 Å². The summed E-state index contributed by atoms with van der Waals surface area (Å²) in [4.78, 5) is 80.5. The largest absolute Gasteiger partial charge is 0.452 e. The Bertz CT molecular complexity index is 3330. The third-order valence-corrected chi connectivity index (χ3v) is 14.8. The molecule has 0 spiro atoms. The number of methoxy groups -OCH3 is 2. The van der Waals surface area contributed by atoms with Crippen LogP contribution in [-0.4, -0.2) is 121 Å². The van der Waals surface area contributed by atoms with Crippen molar-refractivity contribution >= 4 is 35.8 Å². The molecule has 2 saturated heterocycles. The molecule has 0 amide bonds. The number of carbonyl (C=O) groups is 6. The summed E-state index contributed by atoms with van der Waals surface area (Å²) in [5, 5.41) is 0. The van der Waals surface area contributed by atoms with Crippen LogP contribution < -0.4 is 9.13 Å². The van der Waals surface area contributed by atoms with E-state index in [1.807, 2.05) is 33.9 Å². The van der Waals surface area contributed by atoms with Crippen molar-refractivity contribution in [3.8, 4) is 0 Å². The predicted molar refractivity (Wildman–Crippen MR) is 322 cm³/mol. The minimum absolute atomic E-state index is 0. The molecule has 479 valence electrons. The van der Waals surface area contributed by atoms with E-state index in [4.69, 9.17) is 47.4 Å². The van der Waals surface area contributed by atoms with Gasteiger partial charge in [-0.25, -0.2) is 28.8 Å². The number of imidazole rings is 2. The second-order valence-electron chi connectivity index (χ2n) is 21.2. The van der Waals surface area contributed by atoms with Gasteiger partial charge >= 0.3 is 35.8 Å². The van der Waals surface area contributed by atoms with Crippen molar-refractivity contribution in [2.45, 2.75) is 127 Å². The third kappa shape index (κ3) is 18.6. The van der Waals surface area contributed by atoms with Crippen LogP contribution in [0, 0.1) is 12.7 Å². The van der Waals surface area contributed by atoms with Gasteiger partial charge in [0.1, 0.15) is 12.2 Å². The van der Waals surface area contributed by atoms with Crippen molar-refractivity contribution in [1.29, 1.82) is 0 Å². The first-order valence-electron chi connectivity index (χ1n) is 29.8. The molecule has 10 rings (SSSR count). The maximum absolute atomic E-state index is 13.5. The molecule has 0 bridgehead atoms. The summed E-state index contributed by atoms with van der Waals surface area (Å²) in [6.45, 7) is 6.15. The average molecular weight is 1330 g/mol. The van der Waals surface area contributed by atoms with Crippen molar-refractivity contribution < 1.29 is 108 Å². The number of unbranched alkanes of at least 4 members (excludes halogenated alkanes) is 2. The molecule has 0 N–H and O–H groups in total. The van der Waals surface area contributed by atoms with E-state index in [9.17, 15) is 28.8 Å². The molecule has 10 atom stereocenters. The van der Waals surface area contributed by atoms with Crippen LogP contribution in [0.5, 0.6) is 0 Å².